The number of amides is 1. The number of benzene rings is 1. The van der Waals surface area contributed by atoms with Crippen LogP contribution in [0.4, 0.5) is 6.01 Å². The van der Waals surface area contributed by atoms with E-state index in [-0.39, 0.29) is 17.8 Å². The minimum atomic E-state index is -0.365. The van der Waals surface area contributed by atoms with Gasteiger partial charge in [0.25, 0.3) is 5.91 Å². The van der Waals surface area contributed by atoms with E-state index >= 15 is 0 Å². The predicted octanol–water partition coefficient (Wildman–Crippen LogP) is 3.77. The minimum Gasteiger partial charge on any atom is -0.408 e. The maximum Gasteiger partial charge on any atom is 0.322 e. The lowest BCUT2D eigenvalue weighted by atomic mass is 10.0. The number of nitrogens with one attached hydrogen (secondary N) is 1. The first-order valence-corrected chi connectivity index (χ1v) is 7.70. The molecule has 0 saturated heterocycles. The first-order chi connectivity index (χ1) is 11.2. The van der Waals surface area contributed by atoms with Gasteiger partial charge in [-0.3, -0.25) is 15.1 Å². The lowest BCUT2D eigenvalue weighted by molar-refractivity contribution is 0.101. The van der Waals surface area contributed by atoms with Crippen LogP contribution in [-0.4, -0.2) is 21.1 Å². The van der Waals surface area contributed by atoms with E-state index in [9.17, 15) is 4.79 Å². The van der Waals surface area contributed by atoms with Gasteiger partial charge in [-0.25, -0.2) is 0 Å². The van der Waals surface area contributed by atoms with Crippen LogP contribution in [0.25, 0.3) is 10.8 Å². The van der Waals surface area contributed by atoms with E-state index in [1.165, 1.54) is 0 Å². The minimum absolute atomic E-state index is 0.104. The number of hydrogen-bond donors (Lipinski definition) is 1. The highest BCUT2D eigenvalue weighted by Gasteiger charge is 2.17. The van der Waals surface area contributed by atoms with Gasteiger partial charge in [-0.1, -0.05) is 43.2 Å². The topological polar surface area (TPSA) is 80.9 Å². The molecule has 2 heterocycles. The summed E-state index contributed by atoms with van der Waals surface area (Å²) in [6.45, 7) is 4.13. The number of aromatic nitrogens is 3. The first kappa shape index (κ1) is 15.1. The molecule has 0 saturated carbocycles. The molecule has 0 unspecified atom stereocenters. The van der Waals surface area contributed by atoms with Crippen LogP contribution in [0.1, 0.15) is 49.0 Å². The fourth-order valence-corrected chi connectivity index (χ4v) is 2.46. The Balaban J connectivity index is 1.78. The summed E-state index contributed by atoms with van der Waals surface area (Å²) in [7, 11) is 0. The van der Waals surface area contributed by atoms with Crippen molar-refractivity contribution in [1.82, 2.24) is 15.2 Å². The van der Waals surface area contributed by atoms with E-state index in [4.69, 9.17) is 4.42 Å². The van der Waals surface area contributed by atoms with Crippen molar-refractivity contribution in [1.29, 1.82) is 0 Å². The normalized spacial score (nSPS) is 11.1. The smallest absolute Gasteiger partial charge is 0.322 e. The molecule has 23 heavy (non-hydrogen) atoms. The Hall–Kier alpha value is -2.76. The zero-order valence-corrected chi connectivity index (χ0v) is 13.1. The Kier molecular flexibility index (Phi) is 4.32. The summed E-state index contributed by atoms with van der Waals surface area (Å²) in [5.41, 5.74) is 0.311. The third kappa shape index (κ3) is 3.21. The van der Waals surface area contributed by atoms with Crippen molar-refractivity contribution >= 4 is 22.7 Å². The van der Waals surface area contributed by atoms with E-state index in [2.05, 4.69) is 34.3 Å². The quantitative estimate of drug-likeness (QED) is 0.775. The molecule has 2 aromatic heterocycles. The average Bonchev–Trinajstić information content (AvgIpc) is 3.04. The average molecular weight is 310 g/mol. The number of carbonyl (C=O) groups is 1. The predicted molar refractivity (Wildman–Crippen MR) is 87.3 cm³/mol. The van der Waals surface area contributed by atoms with Crippen molar-refractivity contribution in [3.8, 4) is 0 Å². The van der Waals surface area contributed by atoms with Crippen LogP contribution < -0.4 is 5.32 Å². The Morgan fingerprint density at radius 3 is 2.65 bits per heavy atom. The Labute approximate surface area is 133 Å². The van der Waals surface area contributed by atoms with Gasteiger partial charge in [-0.15, -0.1) is 5.10 Å². The second kappa shape index (κ2) is 6.56. The Bertz CT molecular complexity index is 824. The molecule has 3 rings (SSSR count). The summed E-state index contributed by atoms with van der Waals surface area (Å²) in [5.74, 6) is 0.402. The molecule has 1 aromatic carbocycles. The molecular formula is C17H18N4O2. The first-order valence-electron chi connectivity index (χ1n) is 7.70. The molecule has 3 aromatic rings. The molecule has 0 bridgehead atoms. The molecule has 0 aliphatic rings. The number of anilines is 1. The number of nitrogens with zero attached hydrogens (tertiary/aromatic N) is 3. The van der Waals surface area contributed by atoms with Gasteiger partial charge in [0.2, 0.25) is 5.89 Å². The molecule has 1 amide bonds. The molecular weight excluding hydrogens is 292 g/mol. The van der Waals surface area contributed by atoms with Gasteiger partial charge in [0.1, 0.15) is 5.69 Å². The number of carbonyl (C=O) groups excluding carboxylic acids is 1. The monoisotopic (exact) mass is 310 g/mol. The summed E-state index contributed by atoms with van der Waals surface area (Å²) in [4.78, 5) is 16.4. The van der Waals surface area contributed by atoms with Gasteiger partial charge in [0.15, 0.2) is 0 Å². The highest BCUT2D eigenvalue weighted by Crippen LogP contribution is 2.23. The summed E-state index contributed by atoms with van der Waals surface area (Å²) in [5, 5.41) is 12.4. The zero-order chi connectivity index (χ0) is 16.2. The van der Waals surface area contributed by atoms with E-state index in [1.807, 2.05) is 24.3 Å². The molecule has 0 fully saturated rings. The van der Waals surface area contributed by atoms with Crippen LogP contribution in [-0.2, 0) is 0 Å². The van der Waals surface area contributed by atoms with Crippen LogP contribution in [0.3, 0.4) is 0 Å². The zero-order valence-electron chi connectivity index (χ0n) is 13.1. The largest absolute Gasteiger partial charge is 0.408 e. The third-order valence-corrected chi connectivity index (χ3v) is 3.86. The van der Waals surface area contributed by atoms with Crippen LogP contribution in [0, 0.1) is 0 Å². The van der Waals surface area contributed by atoms with Gasteiger partial charge in [-0.2, -0.15) is 0 Å². The molecule has 0 atom stereocenters. The van der Waals surface area contributed by atoms with Crippen LogP contribution >= 0.6 is 0 Å². The highest BCUT2D eigenvalue weighted by atomic mass is 16.4. The molecule has 118 valence electrons. The van der Waals surface area contributed by atoms with Crippen molar-refractivity contribution in [2.24, 2.45) is 0 Å². The van der Waals surface area contributed by atoms with Gasteiger partial charge >= 0.3 is 6.01 Å². The Morgan fingerprint density at radius 2 is 1.91 bits per heavy atom. The maximum absolute atomic E-state index is 12.3. The van der Waals surface area contributed by atoms with Gasteiger partial charge < -0.3 is 4.42 Å². The van der Waals surface area contributed by atoms with Crippen LogP contribution in [0.2, 0.25) is 0 Å². The van der Waals surface area contributed by atoms with Crippen LogP contribution in [0.5, 0.6) is 0 Å². The number of hydrogen-bond acceptors (Lipinski definition) is 5. The standard InChI is InChI=1S/C17H18N4O2/c1-3-11(4-2)16-20-21-17(23-16)19-15(22)14-9-12-7-5-6-8-13(12)10-18-14/h5-11H,3-4H2,1-2H3,(H,19,21,22). The fourth-order valence-electron chi connectivity index (χ4n) is 2.46. The molecule has 6 heteroatoms. The number of fused-ring (bicyclic) bond motifs is 1. The molecule has 0 spiro atoms. The third-order valence-electron chi connectivity index (χ3n) is 3.86. The van der Waals surface area contributed by atoms with Gasteiger partial charge in [0, 0.05) is 17.5 Å². The van der Waals surface area contributed by atoms with Gasteiger partial charge in [0.05, 0.1) is 0 Å². The summed E-state index contributed by atoms with van der Waals surface area (Å²) in [6.07, 6.45) is 3.50. The SMILES string of the molecule is CCC(CC)c1nnc(NC(=O)c2cc3ccccc3cn2)o1. The fraction of sp³-hybridized carbons (Fsp3) is 0.294. The lowest BCUT2D eigenvalue weighted by Gasteiger charge is -2.05. The molecule has 1 N–H and O–H groups in total. The van der Waals surface area contributed by atoms with E-state index in [0.717, 1.165) is 23.6 Å². The molecule has 0 aliphatic heterocycles. The highest BCUT2D eigenvalue weighted by molar-refractivity contribution is 6.03. The van der Waals surface area contributed by atoms with E-state index < -0.39 is 0 Å². The number of rotatable bonds is 5. The van der Waals surface area contributed by atoms with Crippen molar-refractivity contribution in [2.45, 2.75) is 32.6 Å². The van der Waals surface area contributed by atoms with Crippen molar-refractivity contribution in [3.05, 3.63) is 48.1 Å². The maximum atomic E-state index is 12.3. The van der Waals surface area contributed by atoms with E-state index in [0.29, 0.717) is 11.6 Å². The number of pyridine rings is 1. The van der Waals surface area contributed by atoms with Crippen molar-refractivity contribution in [3.63, 3.8) is 0 Å². The van der Waals surface area contributed by atoms with E-state index in [1.54, 1.807) is 12.3 Å². The summed E-state index contributed by atoms with van der Waals surface area (Å²) >= 11 is 0. The van der Waals surface area contributed by atoms with Crippen LogP contribution in [0.15, 0.2) is 40.9 Å². The summed E-state index contributed by atoms with van der Waals surface area (Å²) in [6, 6.07) is 9.58. The molecule has 6 nitrogen and oxygen atoms in total. The second-order valence-corrected chi connectivity index (χ2v) is 5.33. The second-order valence-electron chi connectivity index (χ2n) is 5.33. The van der Waals surface area contributed by atoms with Gasteiger partial charge in [-0.05, 0) is 24.3 Å². The Morgan fingerprint density at radius 1 is 1.17 bits per heavy atom. The van der Waals surface area contributed by atoms with Crippen molar-refractivity contribution < 1.29 is 9.21 Å². The molecule has 0 aliphatic carbocycles. The van der Waals surface area contributed by atoms with Crippen molar-refractivity contribution in [2.75, 3.05) is 5.32 Å². The lowest BCUT2D eigenvalue weighted by Crippen LogP contribution is -2.13. The molecule has 0 radical (unpaired) electrons. The summed E-state index contributed by atoms with van der Waals surface area (Å²) < 4.78 is 5.53.